The van der Waals surface area contributed by atoms with Gasteiger partial charge in [-0.1, -0.05) is 71.1 Å². The number of rotatable bonds is 17. The summed E-state index contributed by atoms with van der Waals surface area (Å²) >= 11 is 0. The number of carbonyl (C=O) groups excluding carboxylic acids is 1. The van der Waals surface area contributed by atoms with E-state index in [9.17, 15) is 9.59 Å². The monoisotopic (exact) mass is 312 g/mol. The van der Waals surface area contributed by atoms with Crippen LogP contribution >= 0.6 is 0 Å². The van der Waals surface area contributed by atoms with E-state index in [1.807, 2.05) is 0 Å². The molecule has 130 valence electrons. The Morgan fingerprint density at radius 1 is 0.591 bits per heavy atom. The van der Waals surface area contributed by atoms with Gasteiger partial charge in [-0.15, -0.1) is 0 Å². The quantitative estimate of drug-likeness (QED) is 0.340. The molecule has 0 atom stereocenters. The van der Waals surface area contributed by atoms with Gasteiger partial charge in [0.05, 0.1) is 0 Å². The molecule has 0 aromatic heterocycles. The highest BCUT2D eigenvalue weighted by Gasteiger charge is 2.00. The molecule has 0 radical (unpaired) electrons. The molecule has 3 heteroatoms. The van der Waals surface area contributed by atoms with Crippen molar-refractivity contribution in [1.29, 1.82) is 0 Å². The Morgan fingerprint density at radius 2 is 0.955 bits per heavy atom. The lowest BCUT2D eigenvalue weighted by Gasteiger charge is -2.03. The smallest absolute Gasteiger partial charge is 0.303 e. The van der Waals surface area contributed by atoms with Gasteiger partial charge in [0.2, 0.25) is 0 Å². The summed E-state index contributed by atoms with van der Waals surface area (Å²) in [5, 5.41) is 8.53. The molecule has 0 fully saturated rings. The second-order valence-corrected chi connectivity index (χ2v) is 6.43. The Balaban J connectivity index is 3.05. The van der Waals surface area contributed by atoms with Crippen LogP contribution in [0.3, 0.4) is 0 Å². The first-order valence-corrected chi connectivity index (χ1v) is 9.40. The van der Waals surface area contributed by atoms with E-state index in [1.165, 1.54) is 57.8 Å². The van der Waals surface area contributed by atoms with E-state index in [2.05, 4.69) is 6.92 Å². The van der Waals surface area contributed by atoms with Crippen molar-refractivity contribution in [3.05, 3.63) is 0 Å². The fourth-order valence-corrected chi connectivity index (χ4v) is 2.77. The van der Waals surface area contributed by atoms with Gasteiger partial charge >= 0.3 is 5.97 Å². The highest BCUT2D eigenvalue weighted by Crippen LogP contribution is 2.13. The molecule has 22 heavy (non-hydrogen) atoms. The number of hydrogen-bond acceptors (Lipinski definition) is 2. The normalized spacial score (nSPS) is 10.8. The molecule has 0 aliphatic rings. The third kappa shape index (κ3) is 17.2. The molecule has 0 aromatic carbocycles. The van der Waals surface area contributed by atoms with E-state index in [4.69, 9.17) is 5.11 Å². The number of carboxylic acids is 1. The molecule has 3 nitrogen and oxygen atoms in total. The van der Waals surface area contributed by atoms with Gasteiger partial charge in [0.15, 0.2) is 0 Å². The van der Waals surface area contributed by atoms with E-state index >= 15 is 0 Å². The van der Waals surface area contributed by atoms with Crippen LogP contribution in [0.1, 0.15) is 110 Å². The first-order valence-electron chi connectivity index (χ1n) is 9.40. The Kier molecular flexibility index (Phi) is 15.9. The van der Waals surface area contributed by atoms with E-state index in [0.717, 1.165) is 38.5 Å². The molecule has 1 N–H and O–H groups in total. The minimum atomic E-state index is -0.672. The topological polar surface area (TPSA) is 54.4 Å². The largest absolute Gasteiger partial charge is 0.481 e. The molecule has 0 rings (SSSR count). The van der Waals surface area contributed by atoms with Gasteiger partial charge in [0.25, 0.3) is 0 Å². The van der Waals surface area contributed by atoms with Crippen LogP contribution in [0.5, 0.6) is 0 Å². The van der Waals surface area contributed by atoms with E-state index in [0.29, 0.717) is 12.2 Å². The molecule has 0 aliphatic heterocycles. The second-order valence-electron chi connectivity index (χ2n) is 6.43. The van der Waals surface area contributed by atoms with Gasteiger partial charge in [-0.25, -0.2) is 0 Å². The van der Waals surface area contributed by atoms with Crippen molar-refractivity contribution in [1.82, 2.24) is 0 Å². The van der Waals surface area contributed by atoms with Crippen molar-refractivity contribution in [3.8, 4) is 0 Å². The summed E-state index contributed by atoms with van der Waals surface area (Å²) in [5.41, 5.74) is 0. The van der Waals surface area contributed by atoms with Crippen LogP contribution in [-0.4, -0.2) is 16.9 Å². The Bertz CT molecular complexity index is 274. The van der Waals surface area contributed by atoms with Gasteiger partial charge < -0.3 is 5.11 Å². The minimum Gasteiger partial charge on any atom is -0.481 e. The number of hydrogen-bond donors (Lipinski definition) is 1. The zero-order valence-corrected chi connectivity index (χ0v) is 14.6. The summed E-state index contributed by atoms with van der Waals surface area (Å²) < 4.78 is 0. The third-order valence-electron chi connectivity index (χ3n) is 4.13. The molecule has 0 aromatic rings. The van der Waals surface area contributed by atoms with Crippen LogP contribution in [0.2, 0.25) is 0 Å². The first-order chi connectivity index (χ1) is 10.7. The predicted molar refractivity (Wildman–Crippen MR) is 92.2 cm³/mol. The molecule has 0 spiro atoms. The van der Waals surface area contributed by atoms with Crippen LogP contribution < -0.4 is 0 Å². The molecule has 0 saturated carbocycles. The first kappa shape index (κ1) is 21.1. The van der Waals surface area contributed by atoms with Crippen molar-refractivity contribution < 1.29 is 14.7 Å². The van der Waals surface area contributed by atoms with Crippen molar-refractivity contribution in [2.24, 2.45) is 0 Å². The summed E-state index contributed by atoms with van der Waals surface area (Å²) in [6.07, 6.45) is 17.3. The highest BCUT2D eigenvalue weighted by atomic mass is 16.4. The summed E-state index contributed by atoms with van der Waals surface area (Å²) in [7, 11) is 0. The zero-order valence-electron chi connectivity index (χ0n) is 14.6. The number of carbonyl (C=O) groups is 2. The lowest BCUT2D eigenvalue weighted by Crippen LogP contribution is -1.96. The standard InChI is InChI=1S/C19H36O3/c1-2-15-18(20)16-13-11-9-7-5-3-4-6-8-10-12-14-17-19(21)22/h2-17H2,1H3,(H,21,22). The van der Waals surface area contributed by atoms with Gasteiger partial charge in [-0.3, -0.25) is 9.59 Å². The maximum Gasteiger partial charge on any atom is 0.303 e. The number of aliphatic carboxylic acids is 1. The highest BCUT2D eigenvalue weighted by molar-refractivity contribution is 5.78. The van der Waals surface area contributed by atoms with Gasteiger partial charge in [-0.05, 0) is 19.3 Å². The average Bonchev–Trinajstić information content (AvgIpc) is 2.47. The molecular formula is C19H36O3. The molecule has 0 aliphatic carbocycles. The Morgan fingerprint density at radius 3 is 1.32 bits per heavy atom. The molecule has 0 unspecified atom stereocenters. The lowest BCUT2D eigenvalue weighted by atomic mass is 10.0. The predicted octanol–water partition coefficient (Wildman–Crippen LogP) is 5.90. The van der Waals surface area contributed by atoms with Crippen LogP contribution in [0.4, 0.5) is 0 Å². The number of Topliss-reactive ketones (excluding diaryl/α,β-unsaturated/α-hetero) is 1. The molecule has 0 saturated heterocycles. The summed E-state index contributed by atoms with van der Waals surface area (Å²) in [6.45, 7) is 2.06. The zero-order chi connectivity index (χ0) is 16.5. The van der Waals surface area contributed by atoms with Crippen LogP contribution in [-0.2, 0) is 9.59 Å². The van der Waals surface area contributed by atoms with E-state index < -0.39 is 5.97 Å². The summed E-state index contributed by atoms with van der Waals surface area (Å²) in [5.74, 6) is -0.236. The molecule has 0 amide bonds. The summed E-state index contributed by atoms with van der Waals surface area (Å²) in [4.78, 5) is 21.7. The second kappa shape index (κ2) is 16.5. The van der Waals surface area contributed by atoms with Crippen LogP contribution in [0.15, 0.2) is 0 Å². The minimum absolute atomic E-state index is 0.323. The Labute approximate surface area is 136 Å². The maximum absolute atomic E-state index is 11.3. The van der Waals surface area contributed by atoms with Crippen molar-refractivity contribution in [2.75, 3.05) is 0 Å². The Hall–Kier alpha value is -0.860. The van der Waals surface area contributed by atoms with Crippen molar-refractivity contribution in [3.63, 3.8) is 0 Å². The van der Waals surface area contributed by atoms with Crippen LogP contribution in [0, 0.1) is 0 Å². The molecule has 0 bridgehead atoms. The van der Waals surface area contributed by atoms with Gasteiger partial charge in [-0.2, -0.15) is 0 Å². The van der Waals surface area contributed by atoms with E-state index in [1.54, 1.807) is 0 Å². The molecule has 0 heterocycles. The number of carboxylic acid groups (broad SMARTS) is 1. The lowest BCUT2D eigenvalue weighted by molar-refractivity contribution is -0.137. The fourth-order valence-electron chi connectivity index (χ4n) is 2.77. The third-order valence-corrected chi connectivity index (χ3v) is 4.13. The van der Waals surface area contributed by atoms with Crippen molar-refractivity contribution in [2.45, 2.75) is 110 Å². The number of ketones is 1. The summed E-state index contributed by atoms with van der Waals surface area (Å²) in [6, 6.07) is 0. The van der Waals surface area contributed by atoms with Crippen LogP contribution in [0.25, 0.3) is 0 Å². The average molecular weight is 312 g/mol. The van der Waals surface area contributed by atoms with Crippen molar-refractivity contribution >= 4 is 11.8 Å². The van der Waals surface area contributed by atoms with Gasteiger partial charge in [0, 0.05) is 19.3 Å². The van der Waals surface area contributed by atoms with E-state index in [-0.39, 0.29) is 0 Å². The fraction of sp³-hybridized carbons (Fsp3) is 0.895. The van der Waals surface area contributed by atoms with Gasteiger partial charge in [0.1, 0.15) is 5.78 Å². The number of unbranched alkanes of at least 4 members (excludes halogenated alkanes) is 11. The molecular weight excluding hydrogens is 276 g/mol. The SMILES string of the molecule is CCCC(=O)CCCCCCCCCCCCCCC(=O)O. The maximum atomic E-state index is 11.3.